The van der Waals surface area contributed by atoms with Crippen LogP contribution in [0.25, 0.3) is 11.0 Å². The van der Waals surface area contributed by atoms with Crippen LogP contribution in [-0.4, -0.2) is 46.5 Å². The number of pyridine rings is 1. The van der Waals surface area contributed by atoms with Crippen LogP contribution in [0.15, 0.2) is 36.4 Å². The van der Waals surface area contributed by atoms with E-state index in [2.05, 4.69) is 64.4 Å². The summed E-state index contributed by atoms with van der Waals surface area (Å²) in [6.45, 7) is 7.39. The Morgan fingerprint density at radius 1 is 1.10 bits per heavy atom. The molecular weight excluding hydrogens is 532 g/mol. The van der Waals surface area contributed by atoms with Crippen molar-refractivity contribution in [3.05, 3.63) is 47.7 Å². The van der Waals surface area contributed by atoms with Gasteiger partial charge in [-0.3, -0.25) is 5.32 Å². The van der Waals surface area contributed by atoms with E-state index in [1.807, 2.05) is 6.07 Å². The van der Waals surface area contributed by atoms with Gasteiger partial charge < -0.3 is 23.8 Å². The molecule has 4 heterocycles. The van der Waals surface area contributed by atoms with Gasteiger partial charge in [-0.1, -0.05) is 56.5 Å². The van der Waals surface area contributed by atoms with Crippen LogP contribution in [0.4, 0.5) is 10.7 Å². The Bertz CT molecular complexity index is 1400. The van der Waals surface area contributed by atoms with E-state index in [1.165, 1.54) is 50.5 Å². The first-order chi connectivity index (χ1) is 20.5. The van der Waals surface area contributed by atoms with E-state index in [4.69, 9.17) is 24.3 Å². The molecule has 1 aromatic carbocycles. The van der Waals surface area contributed by atoms with E-state index in [1.54, 1.807) is 0 Å². The molecule has 2 unspecified atom stereocenters. The van der Waals surface area contributed by atoms with Gasteiger partial charge in [-0.15, -0.1) is 5.48 Å². The van der Waals surface area contributed by atoms with E-state index in [0.717, 1.165) is 36.0 Å². The predicted octanol–water partition coefficient (Wildman–Crippen LogP) is 5.65. The van der Waals surface area contributed by atoms with Gasteiger partial charge in [0.2, 0.25) is 11.8 Å². The molecule has 7 rings (SSSR count). The highest BCUT2D eigenvalue weighted by Gasteiger charge is 2.34. The SMILES string of the molecule is CC1CCC(Cn2c(N3CCOC[C@H]3c3ccccc3)nc3cc(C4NOC(=O)N4)nc(OC(C)C4CCC4)c32)CC1. The summed E-state index contributed by atoms with van der Waals surface area (Å²) < 4.78 is 15.1. The van der Waals surface area contributed by atoms with Gasteiger partial charge in [-0.05, 0) is 62.0 Å². The molecule has 2 aliphatic heterocycles. The maximum atomic E-state index is 11.9. The molecule has 3 atom stereocenters. The van der Waals surface area contributed by atoms with Gasteiger partial charge >= 0.3 is 6.09 Å². The molecule has 0 radical (unpaired) electrons. The summed E-state index contributed by atoms with van der Waals surface area (Å²) in [6.07, 6.45) is 7.47. The summed E-state index contributed by atoms with van der Waals surface area (Å²) in [6, 6.07) is 12.6. The molecule has 2 saturated carbocycles. The van der Waals surface area contributed by atoms with Crippen LogP contribution < -0.4 is 20.4 Å². The van der Waals surface area contributed by atoms with Crippen molar-refractivity contribution >= 4 is 23.1 Å². The third-order valence-corrected chi connectivity index (χ3v) is 9.78. The first-order valence-electron chi connectivity index (χ1n) is 15.7. The van der Waals surface area contributed by atoms with Crippen molar-refractivity contribution in [2.24, 2.45) is 17.8 Å². The van der Waals surface area contributed by atoms with Crippen molar-refractivity contribution in [3.63, 3.8) is 0 Å². The van der Waals surface area contributed by atoms with Crippen LogP contribution in [0.3, 0.4) is 0 Å². The molecular formula is C32H42N6O4. The van der Waals surface area contributed by atoms with Gasteiger partial charge in [0, 0.05) is 13.1 Å². The highest BCUT2D eigenvalue weighted by Crippen LogP contribution is 2.40. The average molecular weight is 575 g/mol. The number of morpholine rings is 1. The van der Waals surface area contributed by atoms with Crippen molar-refractivity contribution in [3.8, 4) is 5.88 Å². The second-order valence-corrected chi connectivity index (χ2v) is 12.7. The summed E-state index contributed by atoms with van der Waals surface area (Å²) in [5.41, 5.74) is 6.34. The van der Waals surface area contributed by atoms with Crippen LogP contribution >= 0.6 is 0 Å². The van der Waals surface area contributed by atoms with Crippen molar-refractivity contribution in [2.45, 2.75) is 83.6 Å². The number of benzene rings is 1. The number of anilines is 1. The van der Waals surface area contributed by atoms with Gasteiger partial charge in [0.25, 0.3) is 0 Å². The molecule has 10 heteroatoms. The first-order valence-corrected chi connectivity index (χ1v) is 15.7. The number of hydrogen-bond acceptors (Lipinski definition) is 8. The fourth-order valence-electron chi connectivity index (χ4n) is 6.92. The molecule has 2 aromatic heterocycles. The zero-order valence-electron chi connectivity index (χ0n) is 24.6. The minimum Gasteiger partial charge on any atom is -0.473 e. The van der Waals surface area contributed by atoms with E-state index < -0.39 is 12.3 Å². The molecule has 2 aliphatic carbocycles. The van der Waals surface area contributed by atoms with E-state index >= 15 is 0 Å². The van der Waals surface area contributed by atoms with Crippen LogP contribution in [0.1, 0.15) is 82.3 Å². The zero-order valence-corrected chi connectivity index (χ0v) is 24.6. The van der Waals surface area contributed by atoms with Crippen LogP contribution in [0, 0.1) is 17.8 Å². The van der Waals surface area contributed by atoms with E-state index in [0.29, 0.717) is 36.6 Å². The lowest BCUT2D eigenvalue weighted by Crippen LogP contribution is -2.41. The molecule has 4 fully saturated rings. The second kappa shape index (κ2) is 11.7. The van der Waals surface area contributed by atoms with Crippen molar-refractivity contribution in [2.75, 3.05) is 24.7 Å². The summed E-state index contributed by atoms with van der Waals surface area (Å²) in [4.78, 5) is 29.6. The third-order valence-electron chi connectivity index (χ3n) is 9.78. The minimum absolute atomic E-state index is 0.0369. The summed E-state index contributed by atoms with van der Waals surface area (Å²) >= 11 is 0. The van der Waals surface area contributed by atoms with Crippen LogP contribution in [0.2, 0.25) is 0 Å². The van der Waals surface area contributed by atoms with Gasteiger partial charge in [0.15, 0.2) is 6.17 Å². The number of fused-ring (bicyclic) bond motifs is 1. The number of ether oxygens (including phenoxy) is 2. The Labute approximate surface area is 247 Å². The number of carbonyl (C=O) groups is 1. The van der Waals surface area contributed by atoms with E-state index in [9.17, 15) is 4.79 Å². The Morgan fingerprint density at radius 3 is 2.62 bits per heavy atom. The number of nitrogens with zero attached hydrogens (tertiary/aromatic N) is 4. The lowest BCUT2D eigenvalue weighted by molar-refractivity contribution is 0.0924. The number of imidazole rings is 1. The monoisotopic (exact) mass is 574 g/mol. The summed E-state index contributed by atoms with van der Waals surface area (Å²) in [5.74, 6) is 3.38. The first kappa shape index (κ1) is 27.5. The number of amides is 1. The number of hydroxylamine groups is 1. The van der Waals surface area contributed by atoms with Gasteiger partial charge in [-0.2, -0.15) is 0 Å². The number of aromatic nitrogens is 3. The molecule has 42 heavy (non-hydrogen) atoms. The van der Waals surface area contributed by atoms with Crippen molar-refractivity contribution < 1.29 is 19.1 Å². The average Bonchev–Trinajstić information content (AvgIpc) is 3.57. The van der Waals surface area contributed by atoms with Gasteiger partial charge in [0.1, 0.15) is 11.6 Å². The zero-order chi connectivity index (χ0) is 28.6. The van der Waals surface area contributed by atoms with Crippen molar-refractivity contribution in [1.82, 2.24) is 25.3 Å². The number of carbonyl (C=O) groups excluding carboxylic acids is 1. The molecule has 4 aliphatic rings. The maximum absolute atomic E-state index is 11.9. The molecule has 1 amide bonds. The molecule has 10 nitrogen and oxygen atoms in total. The van der Waals surface area contributed by atoms with Gasteiger partial charge in [-0.25, -0.2) is 14.8 Å². The fraction of sp³-hybridized carbons (Fsp3) is 0.594. The molecule has 2 N–H and O–H groups in total. The Morgan fingerprint density at radius 2 is 1.90 bits per heavy atom. The topological polar surface area (TPSA) is 103 Å². The Hall–Kier alpha value is -3.37. The van der Waals surface area contributed by atoms with E-state index in [-0.39, 0.29) is 12.1 Å². The minimum atomic E-state index is -0.572. The number of rotatable bonds is 8. The number of hydrogen-bond donors (Lipinski definition) is 2. The highest BCUT2D eigenvalue weighted by molar-refractivity contribution is 5.84. The third kappa shape index (κ3) is 5.42. The summed E-state index contributed by atoms with van der Waals surface area (Å²) in [7, 11) is 0. The number of nitrogens with one attached hydrogen (secondary N) is 2. The molecule has 0 bridgehead atoms. The quantitative estimate of drug-likeness (QED) is 0.356. The normalized spacial score (nSPS) is 27.4. The van der Waals surface area contributed by atoms with Gasteiger partial charge in [0.05, 0.1) is 30.5 Å². The largest absolute Gasteiger partial charge is 0.473 e. The van der Waals surface area contributed by atoms with Crippen molar-refractivity contribution in [1.29, 1.82) is 0 Å². The molecule has 3 aromatic rings. The Kier molecular flexibility index (Phi) is 7.66. The molecule has 0 spiro atoms. The highest BCUT2D eigenvalue weighted by atomic mass is 16.7. The summed E-state index contributed by atoms with van der Waals surface area (Å²) in [5, 5.41) is 2.79. The van der Waals surface area contributed by atoms with Crippen LogP contribution in [-0.2, 0) is 16.1 Å². The fourth-order valence-corrected chi connectivity index (χ4v) is 6.92. The standard InChI is InChI=1S/C32H42N6O4/c1-20-11-13-22(14-12-20)18-38-28-25(34-31(38)37-15-16-40-19-27(37)24-7-4-3-5-8-24)17-26(29-35-32(39)42-36-29)33-30(28)41-21(2)23-9-6-10-23/h3-5,7-8,17,20-23,27,29,36H,6,9-16,18-19H2,1-2H3,(H,35,39)/t20?,21?,22?,27-,29?/m0/s1. The molecule has 2 saturated heterocycles. The predicted molar refractivity (Wildman–Crippen MR) is 159 cm³/mol. The molecule has 224 valence electrons. The van der Waals surface area contributed by atoms with Crippen LogP contribution in [0.5, 0.6) is 5.88 Å². The lowest BCUT2D eigenvalue weighted by atomic mass is 9.82. The second-order valence-electron chi connectivity index (χ2n) is 12.7. The maximum Gasteiger partial charge on any atom is 0.427 e. The smallest absolute Gasteiger partial charge is 0.427 e. The lowest BCUT2D eigenvalue weighted by Gasteiger charge is -2.37. The Balaban J connectivity index is 1.35.